The third-order valence-electron chi connectivity index (χ3n) is 5.30. The first kappa shape index (κ1) is 18.2. The highest BCUT2D eigenvalue weighted by atomic mass is 16.2. The molecule has 142 valence electrons. The van der Waals surface area contributed by atoms with Crippen LogP contribution in [0.1, 0.15) is 50.7 Å². The van der Waals surface area contributed by atoms with E-state index in [1.54, 1.807) is 35.0 Å². The normalized spacial score (nSPS) is 16.8. The Kier molecular flexibility index (Phi) is 5.06. The third kappa shape index (κ3) is 3.60. The molecular weight excluding hydrogens is 350 g/mol. The van der Waals surface area contributed by atoms with E-state index in [-0.39, 0.29) is 17.6 Å². The quantitative estimate of drug-likeness (QED) is 0.656. The van der Waals surface area contributed by atoms with Gasteiger partial charge in [0, 0.05) is 43.4 Å². The van der Waals surface area contributed by atoms with E-state index in [1.807, 2.05) is 48.5 Å². The minimum atomic E-state index is -0.122. The first-order valence-electron chi connectivity index (χ1n) is 9.61. The molecule has 3 aromatic rings. The Balaban J connectivity index is 1.59. The molecule has 2 aromatic carbocycles. The first-order chi connectivity index (χ1) is 13.6. The van der Waals surface area contributed by atoms with Gasteiger partial charge in [-0.1, -0.05) is 48.5 Å². The fourth-order valence-electron chi connectivity index (χ4n) is 3.84. The molecule has 0 bridgehead atoms. The van der Waals surface area contributed by atoms with Crippen LogP contribution in [-0.2, 0) is 7.05 Å². The number of hydrogen-bond acceptors (Lipinski definition) is 3. The van der Waals surface area contributed by atoms with Crippen molar-refractivity contribution in [1.29, 1.82) is 0 Å². The summed E-state index contributed by atoms with van der Waals surface area (Å²) in [5.74, 6) is 0.0271. The Morgan fingerprint density at radius 3 is 2.39 bits per heavy atom. The predicted molar refractivity (Wildman–Crippen MR) is 107 cm³/mol. The lowest BCUT2D eigenvalue weighted by molar-refractivity contribution is 0.0702. The number of aromatic nitrogens is 2. The average Bonchev–Trinajstić information content (AvgIpc) is 3.20. The molecule has 0 saturated carbocycles. The molecule has 1 amide bonds. The minimum Gasteiger partial charge on any atom is -0.338 e. The SMILES string of the molecule is Cn1ccc([C@H]2CCCN(C(=O)c3ccccc3C(=O)c3ccccc3)C2)n1. The van der Waals surface area contributed by atoms with Gasteiger partial charge in [-0.25, -0.2) is 0 Å². The van der Waals surface area contributed by atoms with E-state index in [9.17, 15) is 9.59 Å². The van der Waals surface area contributed by atoms with Crippen LogP contribution < -0.4 is 0 Å². The van der Waals surface area contributed by atoms with Crippen molar-refractivity contribution in [3.63, 3.8) is 0 Å². The van der Waals surface area contributed by atoms with Gasteiger partial charge in [0.05, 0.1) is 11.3 Å². The number of carbonyl (C=O) groups is 2. The van der Waals surface area contributed by atoms with Crippen molar-refractivity contribution in [2.75, 3.05) is 13.1 Å². The number of ketones is 1. The average molecular weight is 373 g/mol. The molecule has 1 fully saturated rings. The maximum absolute atomic E-state index is 13.3. The number of rotatable bonds is 4. The minimum absolute atomic E-state index is 0.0829. The van der Waals surface area contributed by atoms with E-state index in [2.05, 4.69) is 5.10 Å². The molecule has 2 heterocycles. The molecular formula is C23H23N3O2. The number of piperidine rings is 1. The molecule has 0 unspecified atom stereocenters. The van der Waals surface area contributed by atoms with E-state index in [1.165, 1.54) is 0 Å². The lowest BCUT2D eigenvalue weighted by atomic mass is 9.93. The van der Waals surface area contributed by atoms with Crippen LogP contribution in [-0.4, -0.2) is 39.5 Å². The van der Waals surface area contributed by atoms with Crippen molar-refractivity contribution in [2.45, 2.75) is 18.8 Å². The molecule has 1 saturated heterocycles. The summed E-state index contributed by atoms with van der Waals surface area (Å²) in [5.41, 5.74) is 2.54. The van der Waals surface area contributed by atoms with Gasteiger partial charge in [-0.3, -0.25) is 14.3 Å². The van der Waals surface area contributed by atoms with Gasteiger partial charge >= 0.3 is 0 Å². The third-order valence-corrected chi connectivity index (χ3v) is 5.30. The number of amides is 1. The maximum atomic E-state index is 13.3. The molecule has 5 nitrogen and oxygen atoms in total. The number of likely N-dealkylation sites (tertiary alicyclic amines) is 1. The Bertz CT molecular complexity index is 994. The van der Waals surface area contributed by atoms with Crippen molar-refractivity contribution in [1.82, 2.24) is 14.7 Å². The second-order valence-corrected chi connectivity index (χ2v) is 7.25. The van der Waals surface area contributed by atoms with E-state index in [4.69, 9.17) is 0 Å². The highest BCUT2D eigenvalue weighted by Gasteiger charge is 2.28. The molecule has 1 aliphatic rings. The summed E-state index contributed by atoms with van der Waals surface area (Å²) in [7, 11) is 1.90. The Hall–Kier alpha value is -3.21. The second-order valence-electron chi connectivity index (χ2n) is 7.25. The molecule has 28 heavy (non-hydrogen) atoms. The molecule has 5 heteroatoms. The van der Waals surface area contributed by atoms with Crippen molar-refractivity contribution in [3.8, 4) is 0 Å². The van der Waals surface area contributed by atoms with Crippen molar-refractivity contribution in [3.05, 3.63) is 89.2 Å². The number of benzene rings is 2. The van der Waals surface area contributed by atoms with E-state index in [0.717, 1.165) is 18.5 Å². The standard InChI is InChI=1S/C23H23N3O2/c1-25-15-13-21(24-25)18-10-7-14-26(16-18)23(28)20-12-6-5-11-19(20)22(27)17-8-3-2-4-9-17/h2-6,8-9,11-13,15,18H,7,10,14,16H2,1H3/t18-/m0/s1. The van der Waals surface area contributed by atoms with Crippen LogP contribution in [0.2, 0.25) is 0 Å². The molecule has 1 atom stereocenters. The summed E-state index contributed by atoms with van der Waals surface area (Å²) in [5, 5.41) is 4.51. The number of aryl methyl sites for hydroxylation is 1. The summed E-state index contributed by atoms with van der Waals surface area (Å²) in [4.78, 5) is 28.1. The van der Waals surface area contributed by atoms with E-state index in [0.29, 0.717) is 29.8 Å². The van der Waals surface area contributed by atoms with E-state index < -0.39 is 0 Å². The number of carbonyl (C=O) groups excluding carboxylic acids is 2. The van der Waals surface area contributed by atoms with Gasteiger partial charge in [-0.15, -0.1) is 0 Å². The van der Waals surface area contributed by atoms with Crippen LogP contribution >= 0.6 is 0 Å². The topological polar surface area (TPSA) is 55.2 Å². The van der Waals surface area contributed by atoms with Crippen LogP contribution in [0.15, 0.2) is 66.9 Å². The monoisotopic (exact) mass is 373 g/mol. The molecule has 0 N–H and O–H groups in total. The molecule has 1 aromatic heterocycles. The number of hydrogen-bond donors (Lipinski definition) is 0. The predicted octanol–water partition coefficient (Wildman–Crippen LogP) is 3.67. The summed E-state index contributed by atoms with van der Waals surface area (Å²) < 4.78 is 1.80. The van der Waals surface area contributed by atoms with Gasteiger partial charge in [-0.05, 0) is 25.0 Å². The van der Waals surface area contributed by atoms with Crippen molar-refractivity contribution < 1.29 is 9.59 Å². The van der Waals surface area contributed by atoms with Gasteiger partial charge in [0.1, 0.15) is 0 Å². The lowest BCUT2D eigenvalue weighted by Crippen LogP contribution is -2.39. The molecule has 1 aliphatic heterocycles. The van der Waals surface area contributed by atoms with Gasteiger partial charge in [0.25, 0.3) is 5.91 Å². The number of nitrogens with zero attached hydrogens (tertiary/aromatic N) is 3. The van der Waals surface area contributed by atoms with Gasteiger partial charge in [0.2, 0.25) is 0 Å². The van der Waals surface area contributed by atoms with Crippen LogP contribution in [0, 0.1) is 0 Å². The summed E-state index contributed by atoms with van der Waals surface area (Å²) in [6, 6.07) is 18.2. The highest BCUT2D eigenvalue weighted by molar-refractivity contribution is 6.15. The Morgan fingerprint density at radius 2 is 1.68 bits per heavy atom. The zero-order valence-corrected chi connectivity index (χ0v) is 15.9. The Morgan fingerprint density at radius 1 is 0.964 bits per heavy atom. The molecule has 0 spiro atoms. The first-order valence-corrected chi connectivity index (χ1v) is 9.61. The van der Waals surface area contributed by atoms with Gasteiger partial charge in [0.15, 0.2) is 5.78 Å². The van der Waals surface area contributed by atoms with E-state index >= 15 is 0 Å². The fourth-order valence-corrected chi connectivity index (χ4v) is 3.84. The summed E-state index contributed by atoms with van der Waals surface area (Å²) >= 11 is 0. The van der Waals surface area contributed by atoms with Gasteiger partial charge in [-0.2, -0.15) is 5.10 Å². The molecule has 0 aliphatic carbocycles. The smallest absolute Gasteiger partial charge is 0.254 e. The molecule has 4 rings (SSSR count). The van der Waals surface area contributed by atoms with Crippen LogP contribution in [0.5, 0.6) is 0 Å². The fraction of sp³-hybridized carbons (Fsp3) is 0.261. The zero-order chi connectivity index (χ0) is 19.5. The van der Waals surface area contributed by atoms with Gasteiger partial charge < -0.3 is 4.90 Å². The largest absolute Gasteiger partial charge is 0.338 e. The summed E-state index contributed by atoms with van der Waals surface area (Å²) in [6.07, 6.45) is 3.89. The Labute approximate surface area is 164 Å². The zero-order valence-electron chi connectivity index (χ0n) is 15.9. The maximum Gasteiger partial charge on any atom is 0.254 e. The van der Waals surface area contributed by atoms with Crippen LogP contribution in [0.3, 0.4) is 0 Å². The van der Waals surface area contributed by atoms with Crippen molar-refractivity contribution >= 4 is 11.7 Å². The van der Waals surface area contributed by atoms with Crippen LogP contribution in [0.4, 0.5) is 0 Å². The second kappa shape index (κ2) is 7.80. The van der Waals surface area contributed by atoms with Crippen molar-refractivity contribution in [2.24, 2.45) is 7.05 Å². The lowest BCUT2D eigenvalue weighted by Gasteiger charge is -2.32. The molecule has 0 radical (unpaired) electrons. The highest BCUT2D eigenvalue weighted by Crippen LogP contribution is 2.27. The summed E-state index contributed by atoms with van der Waals surface area (Å²) in [6.45, 7) is 1.33. The van der Waals surface area contributed by atoms with Crippen LogP contribution in [0.25, 0.3) is 0 Å².